The molecule has 1 amide bonds. The number of unbranched alkanes of at least 4 members (excludes halogenated alkanes) is 52. The predicted octanol–water partition coefficient (Wildman–Crippen LogP) is 22.9. The molecule has 3 N–H and O–H groups in total. The summed E-state index contributed by atoms with van der Waals surface area (Å²) in [6.07, 6.45) is 85.1. The summed E-state index contributed by atoms with van der Waals surface area (Å²) in [6, 6.07) is -0.541. The number of nitrogens with one attached hydrogen (secondary N) is 1. The van der Waals surface area contributed by atoms with E-state index in [1.165, 1.54) is 315 Å². The van der Waals surface area contributed by atoms with Gasteiger partial charge >= 0.3 is 5.97 Å². The normalized spacial score (nSPS) is 12.6. The van der Waals surface area contributed by atoms with E-state index in [1.807, 2.05) is 0 Å². The van der Waals surface area contributed by atoms with Crippen molar-refractivity contribution in [2.24, 2.45) is 0 Å². The highest BCUT2D eigenvalue weighted by Gasteiger charge is 2.20. The van der Waals surface area contributed by atoms with E-state index in [1.54, 1.807) is 0 Å². The maximum Gasteiger partial charge on any atom is 0.305 e. The minimum absolute atomic E-state index is 0.00324. The van der Waals surface area contributed by atoms with Crippen LogP contribution in [0.2, 0.25) is 0 Å². The molecule has 2 atom stereocenters. The summed E-state index contributed by atoms with van der Waals surface area (Å²) in [6.45, 7) is 4.96. The molecule has 0 heterocycles. The molecule has 0 aliphatic carbocycles. The van der Waals surface area contributed by atoms with Crippen LogP contribution in [-0.2, 0) is 14.3 Å². The van der Waals surface area contributed by atoms with Crippen molar-refractivity contribution in [3.05, 3.63) is 24.3 Å². The molecule has 0 aromatic carbocycles. The van der Waals surface area contributed by atoms with E-state index in [-0.39, 0.29) is 18.5 Å². The van der Waals surface area contributed by atoms with Crippen LogP contribution in [0.5, 0.6) is 0 Å². The number of aliphatic hydroxyl groups excluding tert-OH is 2. The number of rotatable bonds is 67. The zero-order chi connectivity index (χ0) is 56.4. The van der Waals surface area contributed by atoms with Crippen molar-refractivity contribution in [2.75, 3.05) is 13.2 Å². The monoisotopic (exact) mass is 1100 g/mol. The Kier molecular flexibility index (Phi) is 66.4. The fourth-order valence-corrected chi connectivity index (χ4v) is 11.3. The van der Waals surface area contributed by atoms with E-state index in [4.69, 9.17) is 4.74 Å². The number of hydrogen-bond donors (Lipinski definition) is 3. The third kappa shape index (κ3) is 63.5. The van der Waals surface area contributed by atoms with Gasteiger partial charge in [-0.3, -0.25) is 9.59 Å². The smallest absolute Gasteiger partial charge is 0.305 e. The summed E-state index contributed by atoms with van der Waals surface area (Å²) in [7, 11) is 0. The second-order valence-electron chi connectivity index (χ2n) is 24.6. The van der Waals surface area contributed by atoms with Crippen molar-refractivity contribution in [3.63, 3.8) is 0 Å². The molecule has 2 unspecified atom stereocenters. The SMILES string of the molecule is CCCCC/C=C\C/C=C\CCCCCCCC(=O)OCCCCCCCCCCCCCCCCCCCCCCCCCCCC(=O)NC(CO)C(O)CCCCCCCCCCCCCCCCCCCCCCC. The fourth-order valence-electron chi connectivity index (χ4n) is 11.3. The zero-order valence-electron chi connectivity index (χ0n) is 52.9. The third-order valence-corrected chi connectivity index (χ3v) is 16.8. The summed E-state index contributed by atoms with van der Waals surface area (Å²) < 4.78 is 5.49. The van der Waals surface area contributed by atoms with Crippen molar-refractivity contribution >= 4 is 11.9 Å². The topological polar surface area (TPSA) is 95.9 Å². The molecule has 462 valence electrons. The molecule has 6 heteroatoms. The molecule has 0 saturated heterocycles. The molecular weight excluding hydrogens is 959 g/mol. The van der Waals surface area contributed by atoms with Crippen LogP contribution in [0.4, 0.5) is 0 Å². The standard InChI is InChI=1S/C72H139NO5/c1-3-5-7-9-11-13-15-17-19-20-21-27-30-33-37-40-44-48-52-56-60-64-70(75)69(68-74)73-71(76)65-61-57-53-49-45-41-38-34-31-28-25-23-22-24-26-29-32-35-39-43-47-51-55-59-63-67-78-72(77)66-62-58-54-50-46-42-36-18-16-14-12-10-8-6-4-2/h12,14,18,36,69-70,74-75H,3-11,13,15-17,19-35,37-68H2,1-2H3,(H,73,76)/b14-12-,36-18-. The lowest BCUT2D eigenvalue weighted by Crippen LogP contribution is -2.45. The summed E-state index contributed by atoms with van der Waals surface area (Å²) in [4.78, 5) is 24.6. The molecule has 78 heavy (non-hydrogen) atoms. The van der Waals surface area contributed by atoms with E-state index in [9.17, 15) is 19.8 Å². The molecule has 0 aliphatic rings. The Morgan fingerprint density at radius 2 is 0.641 bits per heavy atom. The molecule has 0 aromatic rings. The van der Waals surface area contributed by atoms with Gasteiger partial charge in [0.2, 0.25) is 5.91 Å². The Balaban J connectivity index is 3.36. The van der Waals surface area contributed by atoms with E-state index < -0.39 is 12.1 Å². The summed E-state index contributed by atoms with van der Waals surface area (Å²) in [5.74, 6) is -0.0256. The molecule has 0 saturated carbocycles. The number of carbonyl (C=O) groups excluding carboxylic acids is 2. The highest BCUT2D eigenvalue weighted by molar-refractivity contribution is 5.76. The van der Waals surface area contributed by atoms with Gasteiger partial charge in [-0.25, -0.2) is 0 Å². The average molecular weight is 1100 g/mol. The van der Waals surface area contributed by atoms with Crippen LogP contribution in [0.25, 0.3) is 0 Å². The quantitative estimate of drug-likeness (QED) is 0.0320. The van der Waals surface area contributed by atoms with Gasteiger partial charge in [-0.05, 0) is 57.8 Å². The number of ether oxygens (including phenoxy) is 1. The summed E-state index contributed by atoms with van der Waals surface area (Å²) in [5, 5.41) is 23.4. The van der Waals surface area contributed by atoms with Crippen molar-refractivity contribution < 1.29 is 24.5 Å². The van der Waals surface area contributed by atoms with Gasteiger partial charge in [0.25, 0.3) is 0 Å². The van der Waals surface area contributed by atoms with Crippen LogP contribution in [0.15, 0.2) is 24.3 Å². The lowest BCUT2D eigenvalue weighted by atomic mass is 10.0. The maximum absolute atomic E-state index is 12.5. The van der Waals surface area contributed by atoms with Gasteiger partial charge in [-0.1, -0.05) is 353 Å². The Morgan fingerprint density at radius 1 is 0.359 bits per heavy atom. The highest BCUT2D eigenvalue weighted by atomic mass is 16.5. The lowest BCUT2D eigenvalue weighted by molar-refractivity contribution is -0.143. The number of amides is 1. The maximum atomic E-state index is 12.5. The summed E-state index contributed by atoms with van der Waals surface area (Å²) >= 11 is 0. The number of esters is 1. The van der Waals surface area contributed by atoms with Crippen LogP contribution in [-0.4, -0.2) is 47.4 Å². The highest BCUT2D eigenvalue weighted by Crippen LogP contribution is 2.19. The predicted molar refractivity (Wildman–Crippen MR) is 343 cm³/mol. The summed E-state index contributed by atoms with van der Waals surface area (Å²) in [5.41, 5.74) is 0. The fraction of sp³-hybridized carbons (Fsp3) is 0.917. The minimum atomic E-state index is -0.664. The van der Waals surface area contributed by atoms with Crippen LogP contribution >= 0.6 is 0 Å². The van der Waals surface area contributed by atoms with Crippen LogP contribution in [0.3, 0.4) is 0 Å². The van der Waals surface area contributed by atoms with Crippen molar-refractivity contribution in [2.45, 2.75) is 411 Å². The van der Waals surface area contributed by atoms with Gasteiger partial charge in [0.1, 0.15) is 0 Å². The minimum Gasteiger partial charge on any atom is -0.466 e. The first-order valence-electron chi connectivity index (χ1n) is 35.6. The first-order valence-corrected chi connectivity index (χ1v) is 35.6. The number of carbonyl (C=O) groups is 2. The number of aliphatic hydroxyl groups is 2. The molecule has 0 aliphatic heterocycles. The third-order valence-electron chi connectivity index (χ3n) is 16.8. The molecule has 0 bridgehead atoms. The number of hydrogen-bond acceptors (Lipinski definition) is 5. The van der Waals surface area contributed by atoms with E-state index >= 15 is 0 Å². The Labute approximate surface area is 488 Å². The van der Waals surface area contributed by atoms with Gasteiger partial charge in [0, 0.05) is 12.8 Å². The van der Waals surface area contributed by atoms with E-state index in [2.05, 4.69) is 43.5 Å². The van der Waals surface area contributed by atoms with Gasteiger partial charge in [-0.15, -0.1) is 0 Å². The molecule has 0 spiro atoms. The Hall–Kier alpha value is -1.66. The van der Waals surface area contributed by atoms with Crippen molar-refractivity contribution in [1.82, 2.24) is 5.32 Å². The molecule has 0 rings (SSSR count). The van der Waals surface area contributed by atoms with Crippen molar-refractivity contribution in [1.29, 1.82) is 0 Å². The second kappa shape index (κ2) is 67.8. The second-order valence-corrected chi connectivity index (χ2v) is 24.6. The van der Waals surface area contributed by atoms with E-state index in [0.717, 1.165) is 51.4 Å². The number of allylic oxidation sites excluding steroid dienone is 4. The largest absolute Gasteiger partial charge is 0.466 e. The molecule has 0 aromatic heterocycles. The molecule has 0 radical (unpaired) electrons. The van der Waals surface area contributed by atoms with Gasteiger partial charge in [0.05, 0.1) is 25.4 Å². The average Bonchev–Trinajstić information content (AvgIpc) is 3.44. The zero-order valence-corrected chi connectivity index (χ0v) is 52.9. The first-order chi connectivity index (χ1) is 38.5. The van der Waals surface area contributed by atoms with Crippen LogP contribution in [0.1, 0.15) is 399 Å². The van der Waals surface area contributed by atoms with Gasteiger partial charge in [-0.2, -0.15) is 0 Å². The van der Waals surface area contributed by atoms with Gasteiger partial charge in [0.15, 0.2) is 0 Å². The molecule has 0 fully saturated rings. The van der Waals surface area contributed by atoms with Crippen LogP contribution in [0, 0.1) is 0 Å². The van der Waals surface area contributed by atoms with Gasteiger partial charge < -0.3 is 20.3 Å². The van der Waals surface area contributed by atoms with E-state index in [0.29, 0.717) is 25.9 Å². The van der Waals surface area contributed by atoms with Crippen LogP contribution < -0.4 is 5.32 Å². The molecule has 6 nitrogen and oxygen atoms in total. The first kappa shape index (κ1) is 76.3. The lowest BCUT2D eigenvalue weighted by Gasteiger charge is -2.22. The Morgan fingerprint density at radius 3 is 1.00 bits per heavy atom. The van der Waals surface area contributed by atoms with Crippen molar-refractivity contribution in [3.8, 4) is 0 Å². The molecular formula is C72H139NO5. The Bertz CT molecular complexity index is 1220.